The van der Waals surface area contributed by atoms with Crippen molar-refractivity contribution in [1.29, 1.82) is 0 Å². The first-order chi connectivity index (χ1) is 14.3. The van der Waals surface area contributed by atoms with Crippen LogP contribution in [0, 0.1) is 12.7 Å². The second kappa shape index (κ2) is 8.37. The van der Waals surface area contributed by atoms with Gasteiger partial charge in [0, 0.05) is 6.04 Å². The lowest BCUT2D eigenvalue weighted by Gasteiger charge is -2.48. The van der Waals surface area contributed by atoms with E-state index in [2.05, 4.69) is 20.7 Å². The molecule has 1 aromatic heterocycles. The highest BCUT2D eigenvalue weighted by Gasteiger charge is 2.46. The highest BCUT2D eigenvalue weighted by Crippen LogP contribution is 2.31. The maximum absolute atomic E-state index is 14.3. The number of nitrogens with zero attached hydrogens (tertiary/aromatic N) is 3. The Bertz CT molecular complexity index is 1060. The highest BCUT2D eigenvalue weighted by molar-refractivity contribution is 6.04. The molecule has 160 valence electrons. The van der Waals surface area contributed by atoms with Crippen LogP contribution in [0.1, 0.15) is 36.7 Å². The second-order valence-corrected chi connectivity index (χ2v) is 7.37. The van der Waals surface area contributed by atoms with Crippen molar-refractivity contribution < 1.29 is 14.3 Å². The second-order valence-electron chi connectivity index (χ2n) is 7.37. The van der Waals surface area contributed by atoms with Gasteiger partial charge in [-0.3, -0.25) is 4.79 Å². The maximum Gasteiger partial charge on any atom is 0.256 e. The summed E-state index contributed by atoms with van der Waals surface area (Å²) in [6.45, 7) is 7.78. The van der Waals surface area contributed by atoms with Crippen molar-refractivity contribution in [3.63, 3.8) is 0 Å². The Kier molecular flexibility index (Phi) is 6.04. The molecule has 9 heteroatoms. The molecule has 0 radical (unpaired) electrons. The summed E-state index contributed by atoms with van der Waals surface area (Å²) in [6.07, 6.45) is 0. The van der Waals surface area contributed by atoms with Crippen molar-refractivity contribution in [2.45, 2.75) is 39.3 Å². The van der Waals surface area contributed by atoms with E-state index in [1.807, 2.05) is 13.8 Å². The Morgan fingerprint density at radius 1 is 1.23 bits per heavy atom. The molecule has 8 nitrogen and oxygen atoms in total. The lowest BCUT2D eigenvalue weighted by molar-refractivity contribution is -0.0931. The van der Waals surface area contributed by atoms with E-state index in [1.165, 1.54) is 11.0 Å². The number of benzene rings is 2. The van der Waals surface area contributed by atoms with Gasteiger partial charge in [-0.2, -0.15) is 15.4 Å². The average molecular weight is 414 g/mol. The Balaban J connectivity index is 0.00000124. The topological polar surface area (TPSA) is 120 Å². The summed E-state index contributed by atoms with van der Waals surface area (Å²) in [5, 5.41) is 23.9. The third-order valence-electron chi connectivity index (χ3n) is 5.14. The minimum atomic E-state index is -1.09. The number of aliphatic hydroxyl groups is 1. The number of aromatic nitrogens is 3. The number of hydrogen-bond donors (Lipinski definition) is 4. The minimum absolute atomic E-state index is 0.138. The zero-order chi connectivity index (χ0) is 22.1. The molecule has 2 heterocycles. The van der Waals surface area contributed by atoms with Gasteiger partial charge in [0.05, 0.1) is 30.0 Å². The number of carbonyl (C=O) groups excluding carboxylic acids is 1. The predicted molar refractivity (Wildman–Crippen MR) is 114 cm³/mol. The van der Waals surface area contributed by atoms with E-state index >= 15 is 0 Å². The van der Waals surface area contributed by atoms with E-state index in [-0.39, 0.29) is 24.7 Å². The smallest absolute Gasteiger partial charge is 0.256 e. The van der Waals surface area contributed by atoms with Gasteiger partial charge in [0.15, 0.2) is 0 Å². The molecular weight excluding hydrogens is 387 g/mol. The van der Waals surface area contributed by atoms with Crippen molar-refractivity contribution in [2.24, 2.45) is 5.73 Å². The van der Waals surface area contributed by atoms with Gasteiger partial charge < -0.3 is 21.1 Å². The van der Waals surface area contributed by atoms with E-state index in [9.17, 15) is 14.3 Å². The van der Waals surface area contributed by atoms with Crippen molar-refractivity contribution >= 4 is 28.3 Å². The standard InChI is InChI=1S/C19H21FN6O2.C2H6/c1-10-3-4-14(13(20)5-10)22-15-7-17-16(23-25-24-17)6-12(15)18(27)26-8-19(28,9-26)11(2)21;1-2/h3-7,11,22,28H,8-9,21H2,1-2H3,(H,23,24,25);1-2H3. The summed E-state index contributed by atoms with van der Waals surface area (Å²) in [5.74, 6) is -0.723. The first kappa shape index (κ1) is 21.7. The van der Waals surface area contributed by atoms with Gasteiger partial charge in [0.2, 0.25) is 0 Å². The van der Waals surface area contributed by atoms with Crippen LogP contribution in [0.25, 0.3) is 11.0 Å². The maximum atomic E-state index is 14.3. The molecule has 1 aliphatic rings. The monoisotopic (exact) mass is 414 g/mol. The number of β-amino-alcohol motifs (C(OH)–C–C–N with tert-alkyl or cyclic N) is 1. The molecule has 1 unspecified atom stereocenters. The first-order valence-corrected chi connectivity index (χ1v) is 9.92. The van der Waals surface area contributed by atoms with Gasteiger partial charge in [-0.25, -0.2) is 4.39 Å². The van der Waals surface area contributed by atoms with Crippen LogP contribution in [-0.2, 0) is 0 Å². The van der Waals surface area contributed by atoms with Crippen molar-refractivity contribution in [2.75, 3.05) is 18.4 Å². The fourth-order valence-electron chi connectivity index (χ4n) is 3.25. The Morgan fingerprint density at radius 3 is 2.47 bits per heavy atom. The van der Waals surface area contributed by atoms with Gasteiger partial charge in [0.25, 0.3) is 5.91 Å². The van der Waals surface area contributed by atoms with Gasteiger partial charge in [-0.05, 0) is 43.7 Å². The van der Waals surface area contributed by atoms with E-state index in [1.54, 1.807) is 38.1 Å². The van der Waals surface area contributed by atoms with Crippen LogP contribution < -0.4 is 11.1 Å². The fraction of sp³-hybridized carbons (Fsp3) is 0.381. The number of aromatic amines is 1. The molecule has 1 atom stereocenters. The third-order valence-corrected chi connectivity index (χ3v) is 5.14. The quantitative estimate of drug-likeness (QED) is 0.521. The molecule has 1 fully saturated rings. The van der Waals surface area contributed by atoms with Gasteiger partial charge in [-0.1, -0.05) is 19.9 Å². The lowest BCUT2D eigenvalue weighted by Crippen LogP contribution is -2.70. The molecule has 5 N–H and O–H groups in total. The van der Waals surface area contributed by atoms with Crippen LogP contribution in [0.2, 0.25) is 0 Å². The number of likely N-dealkylation sites (tertiary alicyclic amines) is 1. The largest absolute Gasteiger partial charge is 0.385 e. The Morgan fingerprint density at radius 2 is 1.87 bits per heavy atom. The number of nitrogens with one attached hydrogen (secondary N) is 2. The van der Waals surface area contributed by atoms with Crippen molar-refractivity contribution in [1.82, 2.24) is 20.3 Å². The normalized spacial score (nSPS) is 15.8. The molecule has 4 rings (SSSR count). The molecule has 0 aliphatic carbocycles. The number of hydrogen-bond acceptors (Lipinski definition) is 6. The zero-order valence-corrected chi connectivity index (χ0v) is 17.5. The molecule has 1 saturated heterocycles. The fourth-order valence-corrected chi connectivity index (χ4v) is 3.25. The number of anilines is 2. The summed E-state index contributed by atoms with van der Waals surface area (Å²) >= 11 is 0. The summed E-state index contributed by atoms with van der Waals surface area (Å²) < 4.78 is 14.3. The highest BCUT2D eigenvalue weighted by atomic mass is 19.1. The summed E-state index contributed by atoms with van der Waals surface area (Å²) in [5.41, 5.74) is 7.52. The number of rotatable bonds is 4. The van der Waals surface area contributed by atoms with Crippen molar-refractivity contribution in [3.05, 3.63) is 47.3 Å². The van der Waals surface area contributed by atoms with E-state index in [0.29, 0.717) is 22.3 Å². The van der Waals surface area contributed by atoms with Gasteiger partial charge >= 0.3 is 0 Å². The summed E-state index contributed by atoms with van der Waals surface area (Å²) in [7, 11) is 0. The van der Waals surface area contributed by atoms with E-state index in [4.69, 9.17) is 5.73 Å². The Labute approximate surface area is 174 Å². The van der Waals surface area contributed by atoms with Gasteiger partial charge in [-0.15, -0.1) is 0 Å². The number of carbonyl (C=O) groups is 1. The number of nitrogens with two attached hydrogens (primary N) is 1. The molecule has 30 heavy (non-hydrogen) atoms. The summed E-state index contributed by atoms with van der Waals surface area (Å²) in [4.78, 5) is 14.5. The molecular formula is C21H27FN6O2. The first-order valence-electron chi connectivity index (χ1n) is 9.92. The van der Waals surface area contributed by atoms with E-state index < -0.39 is 17.5 Å². The lowest BCUT2D eigenvalue weighted by atomic mass is 9.87. The number of fused-ring (bicyclic) bond motifs is 1. The number of amides is 1. The van der Waals surface area contributed by atoms with Gasteiger partial charge in [0.1, 0.15) is 22.5 Å². The number of halogens is 1. The summed E-state index contributed by atoms with van der Waals surface area (Å²) in [6, 6.07) is 7.59. The molecule has 3 aromatic rings. The minimum Gasteiger partial charge on any atom is -0.385 e. The van der Waals surface area contributed by atoms with Crippen molar-refractivity contribution in [3.8, 4) is 0 Å². The molecule has 1 amide bonds. The van der Waals surface area contributed by atoms with E-state index in [0.717, 1.165) is 5.56 Å². The molecule has 2 aromatic carbocycles. The molecule has 0 spiro atoms. The SMILES string of the molecule is CC.Cc1ccc(Nc2cc3n[nH]nc3cc2C(=O)N2CC(O)(C(C)N)C2)c(F)c1. The number of aryl methyl sites for hydroxylation is 1. The molecule has 0 saturated carbocycles. The molecule has 1 aliphatic heterocycles. The van der Waals surface area contributed by atoms with Crippen LogP contribution >= 0.6 is 0 Å². The zero-order valence-electron chi connectivity index (χ0n) is 17.5. The van der Waals surface area contributed by atoms with Crippen LogP contribution in [0.4, 0.5) is 15.8 Å². The number of H-pyrrole nitrogens is 1. The predicted octanol–water partition coefficient (Wildman–Crippen LogP) is 2.71. The average Bonchev–Trinajstić information content (AvgIpc) is 3.15. The van der Waals surface area contributed by atoms with Crippen LogP contribution in [0.15, 0.2) is 30.3 Å². The van der Waals surface area contributed by atoms with Crippen LogP contribution in [0.3, 0.4) is 0 Å². The third kappa shape index (κ3) is 3.99. The molecule has 0 bridgehead atoms. The Hall–Kier alpha value is -3.04. The van der Waals surface area contributed by atoms with Crippen LogP contribution in [-0.4, -0.2) is 56.1 Å². The van der Waals surface area contributed by atoms with Crippen LogP contribution in [0.5, 0.6) is 0 Å².